The first-order chi connectivity index (χ1) is 12.5. The van der Waals surface area contributed by atoms with E-state index in [-0.39, 0.29) is 11.4 Å². The average molecular weight is 366 g/mol. The fraction of sp³-hybridized carbons (Fsp3) is 0.0500. The number of aryl methyl sites for hydroxylation is 1. The van der Waals surface area contributed by atoms with Gasteiger partial charge in [0.2, 0.25) is 5.56 Å². The Morgan fingerprint density at radius 3 is 2.46 bits per heavy atom. The van der Waals surface area contributed by atoms with E-state index in [1.807, 2.05) is 19.1 Å². The molecular formula is C20H13ClFN3O. The van der Waals surface area contributed by atoms with E-state index in [0.717, 1.165) is 27.8 Å². The third-order valence-electron chi connectivity index (χ3n) is 4.06. The summed E-state index contributed by atoms with van der Waals surface area (Å²) in [5.41, 5.74) is 4.05. The van der Waals surface area contributed by atoms with Crippen molar-refractivity contribution in [3.8, 4) is 22.4 Å². The molecule has 0 aliphatic heterocycles. The summed E-state index contributed by atoms with van der Waals surface area (Å²) >= 11 is 6.13. The zero-order valence-corrected chi connectivity index (χ0v) is 14.5. The number of hydrogen-bond acceptors (Lipinski definition) is 3. The number of nitrogens with one attached hydrogen (secondary N) is 1. The Labute approximate surface area is 153 Å². The van der Waals surface area contributed by atoms with Gasteiger partial charge in [0.25, 0.3) is 0 Å². The summed E-state index contributed by atoms with van der Waals surface area (Å²) in [7, 11) is 0. The van der Waals surface area contributed by atoms with E-state index >= 15 is 0 Å². The van der Waals surface area contributed by atoms with Gasteiger partial charge in [0.15, 0.2) is 0 Å². The number of aromatic amines is 1. The predicted octanol–water partition coefficient (Wildman–Crippen LogP) is 4.75. The van der Waals surface area contributed by atoms with Crippen LogP contribution in [0.25, 0.3) is 33.4 Å². The van der Waals surface area contributed by atoms with Crippen LogP contribution in [0.5, 0.6) is 0 Å². The number of fused-ring (bicyclic) bond motifs is 1. The molecule has 4 nitrogen and oxygen atoms in total. The molecule has 3 aromatic heterocycles. The van der Waals surface area contributed by atoms with Gasteiger partial charge in [0.05, 0.1) is 5.69 Å². The summed E-state index contributed by atoms with van der Waals surface area (Å²) < 4.78 is 13.3. The molecule has 0 saturated carbocycles. The maximum absolute atomic E-state index is 13.3. The highest BCUT2D eigenvalue weighted by atomic mass is 35.5. The molecule has 0 atom stereocenters. The van der Waals surface area contributed by atoms with Gasteiger partial charge in [-0.15, -0.1) is 0 Å². The molecular weight excluding hydrogens is 353 g/mol. The highest BCUT2D eigenvalue weighted by Crippen LogP contribution is 2.34. The monoisotopic (exact) mass is 365 g/mol. The van der Waals surface area contributed by atoms with Gasteiger partial charge in [0, 0.05) is 28.3 Å². The van der Waals surface area contributed by atoms with Crippen LogP contribution in [0.4, 0.5) is 4.39 Å². The molecule has 0 spiro atoms. The Hall–Kier alpha value is -3.05. The van der Waals surface area contributed by atoms with E-state index in [1.54, 1.807) is 24.3 Å². The molecule has 1 aromatic carbocycles. The van der Waals surface area contributed by atoms with Crippen molar-refractivity contribution in [1.82, 2.24) is 15.0 Å². The fourth-order valence-corrected chi connectivity index (χ4v) is 3.16. The maximum Gasteiger partial charge on any atom is 0.249 e. The Balaban J connectivity index is 2.05. The lowest BCUT2D eigenvalue weighted by Gasteiger charge is -2.12. The average Bonchev–Trinajstić information content (AvgIpc) is 2.60. The zero-order chi connectivity index (χ0) is 18.3. The summed E-state index contributed by atoms with van der Waals surface area (Å²) in [6.07, 6.45) is 0. The molecule has 0 bridgehead atoms. The van der Waals surface area contributed by atoms with Crippen LogP contribution in [0.15, 0.2) is 59.4 Å². The summed E-state index contributed by atoms with van der Waals surface area (Å²) in [6.45, 7) is 1.86. The van der Waals surface area contributed by atoms with Crippen molar-refractivity contribution in [3.05, 3.63) is 81.6 Å². The second kappa shape index (κ2) is 6.35. The van der Waals surface area contributed by atoms with Crippen LogP contribution in [0.3, 0.4) is 0 Å². The summed E-state index contributed by atoms with van der Waals surface area (Å²) in [5, 5.41) is 1.17. The molecule has 0 fully saturated rings. The highest BCUT2D eigenvalue weighted by molar-refractivity contribution is 6.29. The van der Waals surface area contributed by atoms with Crippen LogP contribution >= 0.6 is 11.6 Å². The number of nitrogens with zero attached hydrogens (tertiary/aromatic N) is 2. The van der Waals surface area contributed by atoms with Crippen molar-refractivity contribution < 1.29 is 4.39 Å². The van der Waals surface area contributed by atoms with Crippen LogP contribution in [0.2, 0.25) is 5.15 Å². The minimum absolute atomic E-state index is 0.231. The molecule has 128 valence electrons. The van der Waals surface area contributed by atoms with Crippen LogP contribution in [0, 0.1) is 12.7 Å². The largest absolute Gasteiger partial charge is 0.307 e. The number of pyridine rings is 3. The number of hydrogen-bond donors (Lipinski definition) is 1. The molecule has 0 aliphatic carbocycles. The first kappa shape index (κ1) is 16.4. The van der Waals surface area contributed by atoms with E-state index in [0.29, 0.717) is 16.5 Å². The molecule has 0 aliphatic rings. The summed E-state index contributed by atoms with van der Waals surface area (Å²) in [6, 6.07) is 14.8. The Morgan fingerprint density at radius 2 is 1.73 bits per heavy atom. The van der Waals surface area contributed by atoms with Gasteiger partial charge >= 0.3 is 0 Å². The van der Waals surface area contributed by atoms with Gasteiger partial charge in [-0.2, -0.15) is 0 Å². The minimum Gasteiger partial charge on any atom is -0.307 e. The Morgan fingerprint density at radius 1 is 0.962 bits per heavy atom. The van der Waals surface area contributed by atoms with Gasteiger partial charge in [0.1, 0.15) is 16.6 Å². The van der Waals surface area contributed by atoms with Gasteiger partial charge in [-0.3, -0.25) is 4.79 Å². The number of halogens is 2. The van der Waals surface area contributed by atoms with E-state index in [4.69, 9.17) is 11.6 Å². The standard InChI is InChI=1S/C20H13ClFN3O/c1-11-8-14(10-17(21)23-11)16-9-13-4-7-18(26)24-20(13)25-19(16)12-2-5-15(22)6-3-12/h2-10H,1H3,(H,24,25,26). The smallest absolute Gasteiger partial charge is 0.249 e. The third-order valence-corrected chi connectivity index (χ3v) is 4.25. The second-order valence-corrected chi connectivity index (χ2v) is 6.36. The van der Waals surface area contributed by atoms with Gasteiger partial charge < -0.3 is 4.98 Å². The maximum atomic E-state index is 13.3. The third kappa shape index (κ3) is 3.09. The van der Waals surface area contributed by atoms with Gasteiger partial charge in [-0.1, -0.05) is 11.6 Å². The molecule has 0 radical (unpaired) electrons. The molecule has 6 heteroatoms. The van der Waals surface area contributed by atoms with E-state index < -0.39 is 0 Å². The lowest BCUT2D eigenvalue weighted by Crippen LogP contribution is -2.04. The molecule has 4 rings (SSSR count). The molecule has 3 heterocycles. The van der Waals surface area contributed by atoms with Crippen molar-refractivity contribution >= 4 is 22.6 Å². The van der Waals surface area contributed by atoms with Crippen molar-refractivity contribution in [2.45, 2.75) is 6.92 Å². The molecule has 0 saturated heterocycles. The quantitative estimate of drug-likeness (QED) is 0.521. The topological polar surface area (TPSA) is 58.6 Å². The van der Waals surface area contributed by atoms with Crippen LogP contribution < -0.4 is 5.56 Å². The molecule has 0 unspecified atom stereocenters. The molecule has 26 heavy (non-hydrogen) atoms. The van der Waals surface area contributed by atoms with Gasteiger partial charge in [-0.25, -0.2) is 14.4 Å². The molecule has 1 N–H and O–H groups in total. The predicted molar refractivity (Wildman–Crippen MR) is 101 cm³/mol. The van der Waals surface area contributed by atoms with Crippen molar-refractivity contribution in [2.24, 2.45) is 0 Å². The number of rotatable bonds is 2. The van der Waals surface area contributed by atoms with Crippen LogP contribution in [-0.4, -0.2) is 15.0 Å². The number of aromatic nitrogens is 3. The van der Waals surface area contributed by atoms with E-state index in [1.165, 1.54) is 18.2 Å². The van der Waals surface area contributed by atoms with E-state index in [2.05, 4.69) is 15.0 Å². The molecule has 4 aromatic rings. The van der Waals surface area contributed by atoms with Crippen molar-refractivity contribution in [2.75, 3.05) is 0 Å². The van der Waals surface area contributed by atoms with Crippen LogP contribution in [0.1, 0.15) is 5.69 Å². The molecule has 0 amide bonds. The first-order valence-electron chi connectivity index (χ1n) is 7.94. The van der Waals surface area contributed by atoms with Crippen molar-refractivity contribution in [3.63, 3.8) is 0 Å². The number of benzene rings is 1. The highest BCUT2D eigenvalue weighted by Gasteiger charge is 2.13. The Kier molecular flexibility index (Phi) is 4.01. The zero-order valence-electron chi connectivity index (χ0n) is 13.8. The Bertz CT molecular complexity index is 1170. The lowest BCUT2D eigenvalue weighted by atomic mass is 9.98. The minimum atomic E-state index is -0.327. The van der Waals surface area contributed by atoms with Gasteiger partial charge in [-0.05, 0) is 61.0 Å². The lowest BCUT2D eigenvalue weighted by molar-refractivity contribution is 0.628. The van der Waals surface area contributed by atoms with Crippen LogP contribution in [-0.2, 0) is 0 Å². The summed E-state index contributed by atoms with van der Waals surface area (Å²) in [4.78, 5) is 23.2. The fourth-order valence-electron chi connectivity index (χ4n) is 2.91. The SMILES string of the molecule is Cc1cc(-c2cc3ccc(=O)[nH]c3nc2-c2ccc(F)cc2)cc(Cl)n1. The van der Waals surface area contributed by atoms with E-state index in [9.17, 15) is 9.18 Å². The normalized spacial score (nSPS) is 11.0. The first-order valence-corrected chi connectivity index (χ1v) is 8.32. The summed E-state index contributed by atoms with van der Waals surface area (Å²) in [5.74, 6) is -0.327. The second-order valence-electron chi connectivity index (χ2n) is 5.97. The van der Waals surface area contributed by atoms with Crippen molar-refractivity contribution in [1.29, 1.82) is 0 Å². The number of H-pyrrole nitrogens is 1.